The van der Waals surface area contributed by atoms with Gasteiger partial charge in [0.05, 0.1) is 12.6 Å². The van der Waals surface area contributed by atoms with E-state index in [0.717, 1.165) is 9.80 Å². The molecule has 1 unspecified atom stereocenters. The molecule has 1 saturated heterocycles. The fraction of sp³-hybridized carbons (Fsp3) is 0.817. The molecule has 0 aliphatic carbocycles. The number of aliphatic hydroxyl groups excluding tert-OH is 1. The van der Waals surface area contributed by atoms with Crippen molar-refractivity contribution >= 4 is 65.0 Å². The molecule has 1 aliphatic rings. The van der Waals surface area contributed by atoms with E-state index in [1.165, 1.54) is 87.7 Å². The molecule has 0 saturated carbocycles. The highest BCUT2D eigenvalue weighted by Crippen LogP contribution is 2.25. The number of nitrogens with one attached hydrogen (secondary N) is 4. The Morgan fingerprint density at radius 1 is 0.488 bits per heavy atom. The van der Waals surface area contributed by atoms with Crippen molar-refractivity contribution in [3.05, 3.63) is 10.4 Å². The average Bonchev–Trinajstić information content (AvgIpc) is 1.45. The van der Waals surface area contributed by atoms with Gasteiger partial charge in [0.2, 0.25) is 65.0 Å². The number of nitrogens with zero attached hydrogens (tertiary/aromatic N) is 10. The third-order valence-electron chi connectivity index (χ3n) is 16.1. The Morgan fingerprint density at radius 3 is 1.36 bits per heavy atom. The minimum Gasteiger partial charge on any atom is -0.390 e. The average molecular weight is 1220 g/mol. The molecule has 0 aromatic carbocycles. The number of carbonyl (C=O) groups excluding carboxylic acids is 11. The summed E-state index contributed by atoms with van der Waals surface area (Å²) < 4.78 is 0. The molecule has 26 heteroatoms. The van der Waals surface area contributed by atoms with Crippen LogP contribution in [0.5, 0.6) is 0 Å². The van der Waals surface area contributed by atoms with Gasteiger partial charge >= 0.3 is 0 Å². The lowest BCUT2D eigenvalue weighted by Crippen LogP contribution is -2.63. The number of aliphatic hydroxyl groups is 1. The summed E-state index contributed by atoms with van der Waals surface area (Å²) in [6.45, 7) is 27.1. The third-order valence-corrected chi connectivity index (χ3v) is 16.1. The summed E-state index contributed by atoms with van der Waals surface area (Å²) in [6.07, 6.45) is -1.03. The molecule has 0 radical (unpaired) electrons. The van der Waals surface area contributed by atoms with Gasteiger partial charge in [-0.2, -0.15) is 0 Å². The molecule has 5 N–H and O–H groups in total. The molecule has 0 aromatic heterocycles. The molecule has 1 fully saturated rings. The van der Waals surface area contributed by atoms with Crippen LogP contribution in [0.15, 0.2) is 5.11 Å². The molecule has 11 amide bonds. The lowest BCUT2D eigenvalue weighted by Gasteiger charge is -2.41. The second-order valence-corrected chi connectivity index (χ2v) is 26.0. The largest absolute Gasteiger partial charge is 0.390 e. The first-order valence-electron chi connectivity index (χ1n) is 30.5. The Bertz CT molecular complexity index is 2400. The minimum absolute atomic E-state index is 0.0205. The zero-order valence-corrected chi connectivity index (χ0v) is 56.0. The van der Waals surface area contributed by atoms with Crippen molar-refractivity contribution in [1.29, 1.82) is 0 Å². The van der Waals surface area contributed by atoms with E-state index in [-0.39, 0.29) is 68.7 Å². The van der Waals surface area contributed by atoms with Crippen LogP contribution in [0.1, 0.15) is 149 Å². The number of amides is 11. The molecule has 0 spiro atoms. The van der Waals surface area contributed by atoms with E-state index in [0.29, 0.717) is 0 Å². The van der Waals surface area contributed by atoms with Crippen LogP contribution in [0, 0.1) is 41.4 Å². The monoisotopic (exact) mass is 1220 g/mol. The normalized spacial score (nSPS) is 26.5. The summed E-state index contributed by atoms with van der Waals surface area (Å²) in [5, 5.41) is 26.5. The zero-order valence-electron chi connectivity index (χ0n) is 56.0. The molecular formula is C60H108N14O12. The maximum Gasteiger partial charge on any atom is 0.246 e. The van der Waals surface area contributed by atoms with Gasteiger partial charge in [0.15, 0.2) is 0 Å². The predicted molar refractivity (Wildman–Crippen MR) is 328 cm³/mol. The van der Waals surface area contributed by atoms with Gasteiger partial charge in [-0.15, -0.1) is 0 Å². The Labute approximate surface area is 511 Å². The highest BCUT2D eigenvalue weighted by molar-refractivity contribution is 5.99. The van der Waals surface area contributed by atoms with Crippen molar-refractivity contribution in [1.82, 2.24) is 55.6 Å². The highest BCUT2D eigenvalue weighted by atomic mass is 16.3. The fourth-order valence-corrected chi connectivity index (χ4v) is 10.7. The Kier molecular flexibility index (Phi) is 31.8. The Balaban J connectivity index is 4.33. The molecule has 1 rings (SSSR count). The fourth-order valence-electron chi connectivity index (χ4n) is 10.7. The molecule has 86 heavy (non-hydrogen) atoms. The van der Waals surface area contributed by atoms with Crippen LogP contribution in [0.25, 0.3) is 10.4 Å². The number of rotatable bonds is 16. The van der Waals surface area contributed by atoms with Crippen LogP contribution in [0.2, 0.25) is 0 Å². The van der Waals surface area contributed by atoms with Crippen molar-refractivity contribution in [3.63, 3.8) is 0 Å². The summed E-state index contributed by atoms with van der Waals surface area (Å²) in [4.78, 5) is 171. The van der Waals surface area contributed by atoms with Crippen molar-refractivity contribution in [3.8, 4) is 0 Å². The maximum atomic E-state index is 15.1. The lowest BCUT2D eigenvalue weighted by molar-refractivity contribution is -0.157. The Hall–Kier alpha value is -6.56. The van der Waals surface area contributed by atoms with Gasteiger partial charge in [-0.1, -0.05) is 102 Å². The number of carbonyl (C=O) groups is 11. The van der Waals surface area contributed by atoms with Gasteiger partial charge in [-0.25, -0.2) is 0 Å². The van der Waals surface area contributed by atoms with Crippen LogP contribution < -0.4 is 21.3 Å². The second kappa shape index (κ2) is 35.3. The minimum atomic E-state index is -1.71. The van der Waals surface area contributed by atoms with Crippen molar-refractivity contribution in [2.75, 3.05) is 62.4 Å². The van der Waals surface area contributed by atoms with E-state index in [4.69, 9.17) is 5.53 Å². The van der Waals surface area contributed by atoms with E-state index < -0.39 is 156 Å². The summed E-state index contributed by atoms with van der Waals surface area (Å²) in [7, 11) is 9.73. The highest BCUT2D eigenvalue weighted by Gasteiger charge is 2.46. The second-order valence-electron chi connectivity index (χ2n) is 26.0. The van der Waals surface area contributed by atoms with E-state index in [1.807, 2.05) is 55.4 Å². The quantitative estimate of drug-likeness (QED) is 0.0846. The summed E-state index contributed by atoms with van der Waals surface area (Å²) >= 11 is 0. The molecule has 1 aliphatic heterocycles. The Morgan fingerprint density at radius 2 is 0.907 bits per heavy atom. The molecule has 12 atom stereocenters. The molecule has 0 bridgehead atoms. The van der Waals surface area contributed by atoms with E-state index >= 15 is 9.59 Å². The van der Waals surface area contributed by atoms with Gasteiger partial charge < -0.3 is 60.7 Å². The third kappa shape index (κ3) is 21.7. The predicted octanol–water partition coefficient (Wildman–Crippen LogP) is 3.00. The van der Waals surface area contributed by atoms with Gasteiger partial charge in [-0.05, 0) is 99.3 Å². The number of azide groups is 1. The first-order valence-corrected chi connectivity index (χ1v) is 30.5. The zero-order chi connectivity index (χ0) is 66.7. The topological polar surface area (TPSA) is 328 Å². The number of hydrogen-bond donors (Lipinski definition) is 5. The van der Waals surface area contributed by atoms with Crippen LogP contribution in [0.3, 0.4) is 0 Å². The van der Waals surface area contributed by atoms with Crippen molar-refractivity contribution in [2.45, 2.75) is 216 Å². The van der Waals surface area contributed by atoms with Gasteiger partial charge in [0, 0.05) is 60.8 Å². The van der Waals surface area contributed by atoms with E-state index in [2.05, 4.69) is 31.3 Å². The number of likely N-dealkylation sites (N-methyl/N-ethyl adjacent to an activating group) is 7. The smallest absolute Gasteiger partial charge is 0.246 e. The van der Waals surface area contributed by atoms with E-state index in [9.17, 15) is 48.3 Å². The van der Waals surface area contributed by atoms with Crippen molar-refractivity contribution in [2.24, 2.45) is 46.5 Å². The standard InChI is InChI=1S/C60H108N14O12/c1-24-41-56(82)68(17)31-46(75)69(18)42(27-32(2)3)53(79)66-47(36(10)11)59(85)70(19)43(28-33(4)5)52(78)63-39(15)51(77)64-40(16)55(81)71(20)44(29-34(6)7)57(83)72(21)45(30-35(8)9)58(84)73(22)48(37(12)13)60(86)74(23)49(54(80)65-41)50(76)38(14)25-26-62-67-61/h32-45,47-50,76H,24-31H2,1-23H3,(H,63,78)(H,64,77)(H,65,80)(H,66,79)/t38-,39+,40-,41+,42+,43+,44+,45+,47+,48+,49?,50-/m1/s1. The van der Waals surface area contributed by atoms with Gasteiger partial charge in [-0.3, -0.25) is 52.7 Å². The molecule has 0 aromatic rings. The number of hydrogen-bond acceptors (Lipinski definition) is 13. The van der Waals surface area contributed by atoms with Gasteiger partial charge in [0.25, 0.3) is 0 Å². The van der Waals surface area contributed by atoms with Crippen LogP contribution in [-0.4, -0.2) is 233 Å². The molecule has 1 heterocycles. The SMILES string of the molecule is CC[C@@H]1NC(=O)C([C@H](O)[C@H](C)CCN=[N+]=[N-])N(C)C(=O)[C@H](C(C)C)N(C)C(=O)[C@H](CC(C)C)N(C)C(=O)[C@H](CC(C)C)N(C)C(=O)[C@@H](C)NC(=O)[C@H](C)NC(=O)[C@H](CC(C)C)N(C)C(=O)[C@H](C(C)C)NC(=O)[C@H](CC(C)C)N(C)C(=O)CN(C)C1=O. The lowest BCUT2D eigenvalue weighted by atomic mass is 9.91. The first-order chi connectivity index (χ1) is 39.7. The molecule has 26 nitrogen and oxygen atoms in total. The van der Waals surface area contributed by atoms with Crippen LogP contribution >= 0.6 is 0 Å². The summed E-state index contributed by atoms with van der Waals surface area (Å²) in [5.41, 5.74) is 9.02. The molecular weight excluding hydrogens is 1110 g/mol. The van der Waals surface area contributed by atoms with Crippen molar-refractivity contribution < 1.29 is 57.8 Å². The van der Waals surface area contributed by atoms with E-state index in [1.54, 1.807) is 41.5 Å². The van der Waals surface area contributed by atoms with Crippen LogP contribution in [0.4, 0.5) is 0 Å². The molecule has 490 valence electrons. The summed E-state index contributed by atoms with van der Waals surface area (Å²) in [5.74, 6) is -10.3. The van der Waals surface area contributed by atoms with Crippen LogP contribution in [-0.2, 0) is 52.7 Å². The first kappa shape index (κ1) is 77.5. The summed E-state index contributed by atoms with van der Waals surface area (Å²) in [6, 6.07) is -12.7. The van der Waals surface area contributed by atoms with Gasteiger partial charge in [0.1, 0.15) is 60.4 Å². The maximum absolute atomic E-state index is 15.1.